The number of nitrogens with zero attached hydrogens (tertiary/aromatic N) is 2. The Morgan fingerprint density at radius 1 is 1.11 bits per heavy atom. The number of carbonyl (C=O) groups is 2. The molecular formula is C22H25N3O3. The second kappa shape index (κ2) is 8.42. The summed E-state index contributed by atoms with van der Waals surface area (Å²) in [7, 11) is 0. The number of fused-ring (bicyclic) bond motifs is 1. The lowest BCUT2D eigenvalue weighted by Gasteiger charge is -2.32. The minimum absolute atomic E-state index is 0.0132. The first-order valence-corrected chi connectivity index (χ1v) is 9.88. The molecule has 2 aromatic rings. The van der Waals surface area contributed by atoms with Crippen molar-refractivity contribution in [2.24, 2.45) is 11.8 Å². The van der Waals surface area contributed by atoms with E-state index in [0.717, 1.165) is 12.2 Å². The van der Waals surface area contributed by atoms with E-state index in [0.29, 0.717) is 50.6 Å². The summed E-state index contributed by atoms with van der Waals surface area (Å²) in [5.41, 5.74) is 1.85. The number of likely N-dealkylation sites (tertiary alicyclic amines) is 1. The van der Waals surface area contributed by atoms with E-state index in [4.69, 9.17) is 4.74 Å². The van der Waals surface area contributed by atoms with E-state index >= 15 is 0 Å². The summed E-state index contributed by atoms with van der Waals surface area (Å²) in [5.74, 6) is 1.33. The standard InChI is InChI=1S/C22H25N3O3/c26-21(24-14-16-13-19-3-1-2-4-20(19)28-15-16)17-7-11-25(12-8-17)22(27)18-5-9-23-10-6-18/h1-6,9-10,16-17H,7-8,11-15H2,(H,24,26). The molecule has 28 heavy (non-hydrogen) atoms. The molecule has 1 aromatic carbocycles. The fourth-order valence-electron chi connectivity index (χ4n) is 3.93. The van der Waals surface area contributed by atoms with Crippen LogP contribution in [0, 0.1) is 11.8 Å². The largest absolute Gasteiger partial charge is 0.493 e. The van der Waals surface area contributed by atoms with Crippen molar-refractivity contribution in [3.63, 3.8) is 0 Å². The SMILES string of the molecule is O=C(NCC1COc2ccccc2C1)C1CCN(C(=O)c2ccncc2)CC1. The van der Waals surface area contributed by atoms with Crippen molar-refractivity contribution in [2.75, 3.05) is 26.2 Å². The fourth-order valence-corrected chi connectivity index (χ4v) is 3.93. The molecular weight excluding hydrogens is 354 g/mol. The first kappa shape index (κ1) is 18.5. The normalized spacial score (nSPS) is 19.4. The molecule has 6 heteroatoms. The van der Waals surface area contributed by atoms with Crippen molar-refractivity contribution in [3.8, 4) is 5.75 Å². The van der Waals surface area contributed by atoms with E-state index < -0.39 is 0 Å². The number of carbonyl (C=O) groups excluding carboxylic acids is 2. The second-order valence-corrected chi connectivity index (χ2v) is 7.54. The van der Waals surface area contributed by atoms with Crippen LogP contribution in [-0.4, -0.2) is 47.9 Å². The zero-order chi connectivity index (χ0) is 19.3. The van der Waals surface area contributed by atoms with Gasteiger partial charge in [-0.2, -0.15) is 0 Å². The molecule has 1 unspecified atom stereocenters. The molecule has 1 aromatic heterocycles. The van der Waals surface area contributed by atoms with Crippen LogP contribution in [0.15, 0.2) is 48.8 Å². The van der Waals surface area contributed by atoms with Crippen molar-refractivity contribution < 1.29 is 14.3 Å². The van der Waals surface area contributed by atoms with Crippen LogP contribution in [0.5, 0.6) is 5.75 Å². The van der Waals surface area contributed by atoms with Gasteiger partial charge < -0.3 is 15.0 Å². The van der Waals surface area contributed by atoms with Gasteiger partial charge in [0.2, 0.25) is 5.91 Å². The molecule has 1 atom stereocenters. The molecule has 6 nitrogen and oxygen atoms in total. The van der Waals surface area contributed by atoms with E-state index in [2.05, 4.69) is 16.4 Å². The van der Waals surface area contributed by atoms with Gasteiger partial charge in [-0.3, -0.25) is 14.6 Å². The third-order valence-electron chi connectivity index (χ3n) is 5.60. The van der Waals surface area contributed by atoms with Gasteiger partial charge in [-0.05, 0) is 43.0 Å². The van der Waals surface area contributed by atoms with Crippen LogP contribution in [0.25, 0.3) is 0 Å². The van der Waals surface area contributed by atoms with Gasteiger partial charge in [-0.25, -0.2) is 0 Å². The second-order valence-electron chi connectivity index (χ2n) is 7.54. The lowest BCUT2D eigenvalue weighted by molar-refractivity contribution is -0.126. The Morgan fingerprint density at radius 2 is 1.86 bits per heavy atom. The van der Waals surface area contributed by atoms with Gasteiger partial charge in [0.1, 0.15) is 5.75 Å². The van der Waals surface area contributed by atoms with E-state index in [-0.39, 0.29) is 17.7 Å². The van der Waals surface area contributed by atoms with Crippen molar-refractivity contribution >= 4 is 11.8 Å². The molecule has 4 rings (SSSR count). The maximum atomic E-state index is 12.6. The summed E-state index contributed by atoms with van der Waals surface area (Å²) in [6.07, 6.45) is 5.58. The van der Waals surface area contributed by atoms with E-state index in [1.54, 1.807) is 24.5 Å². The number of hydrogen-bond acceptors (Lipinski definition) is 4. The van der Waals surface area contributed by atoms with Crippen molar-refractivity contribution in [2.45, 2.75) is 19.3 Å². The molecule has 1 saturated heterocycles. The predicted octanol–water partition coefficient (Wildman–Crippen LogP) is 2.30. The smallest absolute Gasteiger partial charge is 0.253 e. The maximum Gasteiger partial charge on any atom is 0.253 e. The molecule has 3 heterocycles. The van der Waals surface area contributed by atoms with Crippen LogP contribution < -0.4 is 10.1 Å². The molecule has 146 valence electrons. The number of hydrogen-bond donors (Lipinski definition) is 1. The minimum Gasteiger partial charge on any atom is -0.493 e. The first-order valence-electron chi connectivity index (χ1n) is 9.88. The van der Waals surface area contributed by atoms with E-state index in [1.807, 2.05) is 23.1 Å². The molecule has 0 aliphatic carbocycles. The molecule has 0 bridgehead atoms. The van der Waals surface area contributed by atoms with Gasteiger partial charge in [0.05, 0.1) is 6.61 Å². The quantitative estimate of drug-likeness (QED) is 0.885. The number of para-hydroxylation sites is 1. The summed E-state index contributed by atoms with van der Waals surface area (Å²) in [6, 6.07) is 11.5. The summed E-state index contributed by atoms with van der Waals surface area (Å²) in [6.45, 7) is 2.48. The molecule has 0 saturated carbocycles. The zero-order valence-electron chi connectivity index (χ0n) is 15.8. The Hall–Kier alpha value is -2.89. The average Bonchev–Trinajstić information content (AvgIpc) is 2.77. The highest BCUT2D eigenvalue weighted by atomic mass is 16.5. The molecule has 2 aliphatic rings. The van der Waals surface area contributed by atoms with Gasteiger partial charge in [0, 0.05) is 49.4 Å². The Bertz CT molecular complexity index is 832. The first-order chi connectivity index (χ1) is 13.7. The Balaban J connectivity index is 1.23. The number of ether oxygens (including phenoxy) is 1. The van der Waals surface area contributed by atoms with Crippen LogP contribution in [-0.2, 0) is 11.2 Å². The van der Waals surface area contributed by atoms with Gasteiger partial charge >= 0.3 is 0 Å². The van der Waals surface area contributed by atoms with Crippen molar-refractivity contribution in [1.82, 2.24) is 15.2 Å². The van der Waals surface area contributed by atoms with Gasteiger partial charge in [0.15, 0.2) is 0 Å². The lowest BCUT2D eigenvalue weighted by Crippen LogP contribution is -2.44. The Morgan fingerprint density at radius 3 is 2.64 bits per heavy atom. The average molecular weight is 379 g/mol. The highest BCUT2D eigenvalue weighted by Crippen LogP contribution is 2.26. The van der Waals surface area contributed by atoms with E-state index in [1.165, 1.54) is 5.56 Å². The molecule has 1 N–H and O–H groups in total. The van der Waals surface area contributed by atoms with Gasteiger partial charge in [0.25, 0.3) is 5.91 Å². The Kier molecular flexibility index (Phi) is 5.55. The van der Waals surface area contributed by atoms with Crippen LogP contribution in [0.2, 0.25) is 0 Å². The molecule has 0 spiro atoms. The fraction of sp³-hybridized carbons (Fsp3) is 0.409. The number of nitrogens with one attached hydrogen (secondary N) is 1. The minimum atomic E-state index is -0.0294. The summed E-state index contributed by atoms with van der Waals surface area (Å²) >= 11 is 0. The highest BCUT2D eigenvalue weighted by molar-refractivity contribution is 5.94. The lowest BCUT2D eigenvalue weighted by atomic mass is 9.94. The van der Waals surface area contributed by atoms with Gasteiger partial charge in [-0.15, -0.1) is 0 Å². The highest BCUT2D eigenvalue weighted by Gasteiger charge is 2.28. The molecule has 0 radical (unpaired) electrons. The maximum absolute atomic E-state index is 12.6. The number of benzene rings is 1. The number of piperidine rings is 1. The van der Waals surface area contributed by atoms with Crippen molar-refractivity contribution in [3.05, 3.63) is 59.9 Å². The molecule has 1 fully saturated rings. The predicted molar refractivity (Wildman–Crippen MR) is 105 cm³/mol. The third kappa shape index (κ3) is 4.16. The van der Waals surface area contributed by atoms with Crippen molar-refractivity contribution in [1.29, 1.82) is 0 Å². The van der Waals surface area contributed by atoms with Crippen LogP contribution in [0.3, 0.4) is 0 Å². The van der Waals surface area contributed by atoms with E-state index in [9.17, 15) is 9.59 Å². The van der Waals surface area contributed by atoms with Crippen LogP contribution in [0.1, 0.15) is 28.8 Å². The number of amides is 2. The zero-order valence-corrected chi connectivity index (χ0v) is 15.8. The number of aromatic nitrogens is 1. The summed E-state index contributed by atoms with van der Waals surface area (Å²) < 4.78 is 5.80. The summed E-state index contributed by atoms with van der Waals surface area (Å²) in [4.78, 5) is 30.8. The molecule has 2 aliphatic heterocycles. The number of pyridine rings is 1. The molecule has 2 amide bonds. The summed E-state index contributed by atoms with van der Waals surface area (Å²) in [5, 5.41) is 3.10. The van der Waals surface area contributed by atoms with Gasteiger partial charge in [-0.1, -0.05) is 18.2 Å². The topological polar surface area (TPSA) is 71.5 Å². The monoisotopic (exact) mass is 379 g/mol. The number of rotatable bonds is 4. The van der Waals surface area contributed by atoms with Crippen LogP contribution in [0.4, 0.5) is 0 Å². The van der Waals surface area contributed by atoms with Crippen LogP contribution >= 0.6 is 0 Å². The third-order valence-corrected chi connectivity index (χ3v) is 5.60. The Labute approximate surface area is 164 Å².